The first-order valence-corrected chi connectivity index (χ1v) is 8.66. The second-order valence-corrected chi connectivity index (χ2v) is 6.31. The highest BCUT2D eigenvalue weighted by atomic mass is 16.6. The molecule has 28 heavy (non-hydrogen) atoms. The summed E-state index contributed by atoms with van der Waals surface area (Å²) < 4.78 is 10.2. The van der Waals surface area contributed by atoms with Crippen molar-refractivity contribution >= 4 is 29.3 Å². The zero-order valence-electron chi connectivity index (χ0n) is 15.6. The predicted molar refractivity (Wildman–Crippen MR) is 98.2 cm³/mol. The number of nitro groups is 1. The van der Waals surface area contributed by atoms with Crippen LogP contribution in [0, 0.1) is 10.1 Å². The lowest BCUT2D eigenvalue weighted by atomic mass is 10.1. The Morgan fingerprint density at radius 1 is 1.29 bits per heavy atom. The van der Waals surface area contributed by atoms with Gasteiger partial charge >= 0.3 is 12.0 Å². The molecule has 0 radical (unpaired) electrons. The highest BCUT2D eigenvalue weighted by Gasteiger charge is 2.23. The van der Waals surface area contributed by atoms with Crippen molar-refractivity contribution in [1.29, 1.82) is 0 Å². The summed E-state index contributed by atoms with van der Waals surface area (Å²) in [7, 11) is 0. The van der Waals surface area contributed by atoms with E-state index >= 15 is 0 Å². The Hall–Kier alpha value is -3.21. The van der Waals surface area contributed by atoms with E-state index in [-0.39, 0.29) is 17.3 Å². The number of hydrogen-bond acceptors (Lipinski definition) is 8. The van der Waals surface area contributed by atoms with Crippen LogP contribution in [0.4, 0.5) is 16.2 Å². The van der Waals surface area contributed by atoms with Crippen molar-refractivity contribution in [1.82, 2.24) is 10.6 Å². The number of rotatable bonds is 6. The molecule has 0 unspecified atom stereocenters. The zero-order chi connectivity index (χ0) is 20.7. The van der Waals surface area contributed by atoms with Crippen molar-refractivity contribution in [3.05, 3.63) is 33.9 Å². The van der Waals surface area contributed by atoms with Gasteiger partial charge in [0.2, 0.25) is 0 Å². The average molecular weight is 394 g/mol. The summed E-state index contributed by atoms with van der Waals surface area (Å²) in [5.74, 6) is -1.71. The number of nitrogens with one attached hydrogen (secondary N) is 2. The molecular formula is C17H22N4O7. The average Bonchev–Trinajstić information content (AvgIpc) is 2.65. The topological polar surface area (TPSA) is 140 Å². The van der Waals surface area contributed by atoms with Crippen molar-refractivity contribution in [2.75, 3.05) is 37.8 Å². The Bertz CT molecular complexity index is 760. The summed E-state index contributed by atoms with van der Waals surface area (Å²) in [4.78, 5) is 48.0. The maximum Gasteiger partial charge on any atom is 0.341 e. The fraction of sp³-hybridized carbons (Fsp3) is 0.471. The van der Waals surface area contributed by atoms with E-state index in [0.717, 1.165) is 6.07 Å². The number of nitro benzene ring substituents is 1. The van der Waals surface area contributed by atoms with E-state index in [0.29, 0.717) is 32.0 Å². The number of ether oxygens (including phenoxy) is 2. The van der Waals surface area contributed by atoms with E-state index < -0.39 is 29.4 Å². The predicted octanol–water partition coefficient (Wildman–Crippen LogP) is 0.822. The number of morpholine rings is 1. The number of imide groups is 1. The van der Waals surface area contributed by atoms with Gasteiger partial charge in [-0.2, -0.15) is 0 Å². The van der Waals surface area contributed by atoms with Crippen LogP contribution in [0.25, 0.3) is 0 Å². The molecule has 2 N–H and O–H groups in total. The third-order valence-electron chi connectivity index (χ3n) is 3.77. The van der Waals surface area contributed by atoms with Crippen LogP contribution in [0.3, 0.4) is 0 Å². The van der Waals surface area contributed by atoms with Crippen LogP contribution in [0.2, 0.25) is 0 Å². The summed E-state index contributed by atoms with van der Waals surface area (Å²) in [6.45, 7) is 4.67. The smallest absolute Gasteiger partial charge is 0.341 e. The molecule has 1 aliphatic rings. The number of carbonyl (C=O) groups is 3. The Morgan fingerprint density at radius 2 is 1.96 bits per heavy atom. The third kappa shape index (κ3) is 5.91. The van der Waals surface area contributed by atoms with Gasteiger partial charge in [-0.05, 0) is 19.9 Å². The number of carbonyl (C=O) groups excluding carboxylic acids is 3. The van der Waals surface area contributed by atoms with Crippen LogP contribution < -0.4 is 15.5 Å². The summed E-state index contributed by atoms with van der Waals surface area (Å²) >= 11 is 0. The van der Waals surface area contributed by atoms with Gasteiger partial charge < -0.3 is 19.7 Å². The Labute approximate surface area is 161 Å². The minimum absolute atomic E-state index is 0.0319. The number of urea groups is 1. The van der Waals surface area contributed by atoms with E-state index in [1.54, 1.807) is 13.8 Å². The van der Waals surface area contributed by atoms with Gasteiger partial charge in [-0.15, -0.1) is 0 Å². The molecule has 1 aromatic rings. The van der Waals surface area contributed by atoms with E-state index in [1.807, 2.05) is 10.2 Å². The summed E-state index contributed by atoms with van der Waals surface area (Å²) in [5.41, 5.74) is 0.150. The number of nitrogens with zero attached hydrogens (tertiary/aromatic N) is 2. The fourth-order valence-corrected chi connectivity index (χ4v) is 2.55. The van der Waals surface area contributed by atoms with Crippen LogP contribution in [0.5, 0.6) is 0 Å². The minimum Gasteiger partial charge on any atom is -0.452 e. The zero-order valence-corrected chi connectivity index (χ0v) is 15.6. The van der Waals surface area contributed by atoms with E-state index in [4.69, 9.17) is 9.47 Å². The Balaban J connectivity index is 2.09. The molecule has 0 atom stereocenters. The molecule has 0 spiro atoms. The van der Waals surface area contributed by atoms with Crippen LogP contribution >= 0.6 is 0 Å². The molecular weight excluding hydrogens is 372 g/mol. The van der Waals surface area contributed by atoms with Gasteiger partial charge in [0.05, 0.1) is 29.4 Å². The standard InChI is InChI=1S/C17H22N4O7/c1-11(2)18-17(24)19-15(22)10-28-16(23)13-9-12(21(25)26)3-4-14(13)20-5-7-27-8-6-20/h3-4,9,11H,5-8,10H2,1-2H3,(H2,18,19,22,24). The van der Waals surface area contributed by atoms with Crippen LogP contribution in [-0.2, 0) is 14.3 Å². The van der Waals surface area contributed by atoms with Gasteiger partial charge in [0, 0.05) is 31.3 Å². The molecule has 0 aliphatic carbocycles. The highest BCUT2D eigenvalue weighted by molar-refractivity contribution is 5.99. The maximum atomic E-state index is 12.5. The molecule has 0 bridgehead atoms. The second kappa shape index (κ2) is 9.65. The van der Waals surface area contributed by atoms with Gasteiger partial charge in [0.25, 0.3) is 11.6 Å². The highest BCUT2D eigenvalue weighted by Crippen LogP contribution is 2.27. The minimum atomic E-state index is -0.899. The van der Waals surface area contributed by atoms with Crippen molar-refractivity contribution in [2.24, 2.45) is 0 Å². The number of non-ortho nitro benzene ring substituents is 1. The van der Waals surface area contributed by atoms with Gasteiger partial charge in [-0.3, -0.25) is 20.2 Å². The van der Waals surface area contributed by atoms with E-state index in [1.165, 1.54) is 12.1 Å². The largest absolute Gasteiger partial charge is 0.452 e. The fourth-order valence-electron chi connectivity index (χ4n) is 2.55. The second-order valence-electron chi connectivity index (χ2n) is 6.31. The molecule has 2 rings (SSSR count). The maximum absolute atomic E-state index is 12.5. The molecule has 1 fully saturated rings. The molecule has 0 aromatic heterocycles. The van der Waals surface area contributed by atoms with Gasteiger partial charge in [-0.1, -0.05) is 0 Å². The quantitative estimate of drug-likeness (QED) is 0.411. The first-order valence-electron chi connectivity index (χ1n) is 8.66. The van der Waals surface area contributed by atoms with Crippen LogP contribution in [-0.4, -0.2) is 61.8 Å². The van der Waals surface area contributed by atoms with E-state index in [2.05, 4.69) is 5.32 Å². The number of hydrogen-bond donors (Lipinski definition) is 2. The lowest BCUT2D eigenvalue weighted by Crippen LogP contribution is -2.44. The first kappa shape index (κ1) is 21.1. The third-order valence-corrected chi connectivity index (χ3v) is 3.77. The molecule has 11 nitrogen and oxygen atoms in total. The van der Waals surface area contributed by atoms with Crippen molar-refractivity contribution in [3.8, 4) is 0 Å². The van der Waals surface area contributed by atoms with Crippen molar-refractivity contribution in [2.45, 2.75) is 19.9 Å². The number of benzene rings is 1. The lowest BCUT2D eigenvalue weighted by Gasteiger charge is -2.30. The first-order chi connectivity index (χ1) is 13.3. The van der Waals surface area contributed by atoms with Crippen molar-refractivity contribution in [3.63, 3.8) is 0 Å². The molecule has 1 aliphatic heterocycles. The molecule has 0 saturated carbocycles. The summed E-state index contributed by atoms with van der Waals surface area (Å²) in [5, 5.41) is 15.5. The number of anilines is 1. The molecule has 1 saturated heterocycles. The summed E-state index contributed by atoms with van der Waals surface area (Å²) in [6.07, 6.45) is 0. The van der Waals surface area contributed by atoms with Crippen LogP contribution in [0.15, 0.2) is 18.2 Å². The normalized spacial score (nSPS) is 13.8. The summed E-state index contributed by atoms with van der Waals surface area (Å²) in [6, 6.07) is 2.99. The van der Waals surface area contributed by atoms with Crippen LogP contribution in [0.1, 0.15) is 24.2 Å². The SMILES string of the molecule is CC(C)NC(=O)NC(=O)COC(=O)c1cc([N+](=O)[O-])ccc1N1CCOCC1. The monoisotopic (exact) mass is 394 g/mol. The Morgan fingerprint density at radius 3 is 2.57 bits per heavy atom. The molecule has 152 valence electrons. The molecule has 1 heterocycles. The van der Waals surface area contributed by atoms with Gasteiger partial charge in [0.1, 0.15) is 0 Å². The molecule has 1 aromatic carbocycles. The number of esters is 1. The lowest BCUT2D eigenvalue weighted by molar-refractivity contribution is -0.384. The number of amides is 3. The molecule has 11 heteroatoms. The van der Waals surface area contributed by atoms with E-state index in [9.17, 15) is 24.5 Å². The van der Waals surface area contributed by atoms with Crippen molar-refractivity contribution < 1.29 is 28.8 Å². The van der Waals surface area contributed by atoms with Gasteiger partial charge in [0.15, 0.2) is 6.61 Å². The molecule has 3 amide bonds. The van der Waals surface area contributed by atoms with Gasteiger partial charge in [-0.25, -0.2) is 9.59 Å². The Kier molecular flexibility index (Phi) is 7.27.